The normalized spacial score (nSPS) is 12.3. The van der Waals surface area contributed by atoms with Crippen LogP contribution in [0.1, 0.15) is 30.5 Å². The summed E-state index contributed by atoms with van der Waals surface area (Å²) < 4.78 is 21.4. The van der Waals surface area contributed by atoms with Crippen molar-refractivity contribution in [1.82, 2.24) is 4.98 Å². The van der Waals surface area contributed by atoms with Gasteiger partial charge < -0.3 is 0 Å². The lowest BCUT2D eigenvalue weighted by molar-refractivity contribution is 0.596. The maximum Gasteiger partial charge on any atom is 0.215 e. The summed E-state index contributed by atoms with van der Waals surface area (Å²) in [6, 6.07) is 0. The van der Waals surface area contributed by atoms with Crippen molar-refractivity contribution < 1.29 is 8.42 Å². The molecule has 0 aliphatic carbocycles. The highest BCUT2D eigenvalue weighted by Gasteiger charge is 2.10. The van der Waals surface area contributed by atoms with Gasteiger partial charge in [0.2, 0.25) is 10.0 Å². The summed E-state index contributed by atoms with van der Waals surface area (Å²) >= 11 is 1.33. The number of aromatic nitrogens is 1. The second kappa shape index (κ2) is 3.73. The van der Waals surface area contributed by atoms with Crippen molar-refractivity contribution in [2.24, 2.45) is 5.14 Å². The first-order valence-corrected chi connectivity index (χ1v) is 6.43. The molecule has 0 saturated carbocycles. The zero-order valence-electron chi connectivity index (χ0n) is 7.52. The molecule has 0 radical (unpaired) electrons. The molecular formula is C7H12N2O2S2. The third-order valence-electron chi connectivity index (χ3n) is 1.49. The van der Waals surface area contributed by atoms with Crippen molar-refractivity contribution in [1.29, 1.82) is 0 Å². The topological polar surface area (TPSA) is 73.1 Å². The molecule has 0 saturated heterocycles. The Bertz CT molecular complexity index is 381. The molecule has 0 spiro atoms. The van der Waals surface area contributed by atoms with Crippen LogP contribution in [0.15, 0.2) is 5.38 Å². The molecule has 0 aliphatic heterocycles. The lowest BCUT2D eigenvalue weighted by Gasteiger charge is -1.96. The van der Waals surface area contributed by atoms with Crippen LogP contribution in [0.4, 0.5) is 0 Å². The molecule has 1 heterocycles. The lowest BCUT2D eigenvalue weighted by Crippen LogP contribution is -2.14. The minimum Gasteiger partial charge on any atom is -0.245 e. The van der Waals surface area contributed by atoms with Crippen LogP contribution < -0.4 is 5.14 Å². The number of nitrogens with two attached hydrogens (primary N) is 1. The van der Waals surface area contributed by atoms with E-state index in [0.717, 1.165) is 5.69 Å². The van der Waals surface area contributed by atoms with Crippen molar-refractivity contribution in [2.75, 3.05) is 0 Å². The van der Waals surface area contributed by atoms with Crippen LogP contribution in [0.3, 0.4) is 0 Å². The van der Waals surface area contributed by atoms with Crippen molar-refractivity contribution in [3.8, 4) is 0 Å². The Kier molecular flexibility index (Phi) is 3.05. The van der Waals surface area contributed by atoms with Crippen molar-refractivity contribution >= 4 is 21.4 Å². The number of rotatable bonds is 3. The summed E-state index contributed by atoms with van der Waals surface area (Å²) in [6.45, 7) is 4.02. The van der Waals surface area contributed by atoms with Gasteiger partial charge in [0, 0.05) is 5.38 Å². The van der Waals surface area contributed by atoms with Crippen LogP contribution in [0.25, 0.3) is 0 Å². The largest absolute Gasteiger partial charge is 0.245 e. The highest BCUT2D eigenvalue weighted by Crippen LogP contribution is 2.18. The Morgan fingerprint density at radius 1 is 1.62 bits per heavy atom. The fourth-order valence-electron chi connectivity index (χ4n) is 0.829. The smallest absolute Gasteiger partial charge is 0.215 e. The first kappa shape index (κ1) is 10.6. The molecule has 0 atom stereocenters. The number of hydrogen-bond acceptors (Lipinski definition) is 4. The summed E-state index contributed by atoms with van der Waals surface area (Å²) in [6.07, 6.45) is 0. The molecule has 0 aliphatic rings. The second-order valence-corrected chi connectivity index (χ2v) is 5.69. The van der Waals surface area contributed by atoms with E-state index in [9.17, 15) is 8.42 Å². The van der Waals surface area contributed by atoms with Crippen LogP contribution >= 0.6 is 11.3 Å². The first-order chi connectivity index (χ1) is 5.88. The summed E-state index contributed by atoms with van der Waals surface area (Å²) in [5, 5.41) is 7.32. The third kappa shape index (κ3) is 3.41. The van der Waals surface area contributed by atoms with Gasteiger partial charge in [-0.3, -0.25) is 0 Å². The molecule has 1 rings (SSSR count). The van der Waals surface area contributed by atoms with Gasteiger partial charge in [-0.2, -0.15) is 0 Å². The Hall–Kier alpha value is -0.460. The maximum absolute atomic E-state index is 10.7. The maximum atomic E-state index is 10.7. The molecule has 13 heavy (non-hydrogen) atoms. The minimum absolute atomic E-state index is 0.162. The van der Waals surface area contributed by atoms with Crippen LogP contribution in [0.2, 0.25) is 0 Å². The highest BCUT2D eigenvalue weighted by atomic mass is 32.2. The average Bonchev–Trinajstić information content (AvgIpc) is 2.31. The molecule has 0 fully saturated rings. The number of sulfonamides is 1. The van der Waals surface area contributed by atoms with Gasteiger partial charge in [0.1, 0.15) is 10.8 Å². The van der Waals surface area contributed by atoms with Gasteiger partial charge in [0.25, 0.3) is 0 Å². The minimum atomic E-state index is -3.44. The molecule has 0 aromatic carbocycles. The zero-order chi connectivity index (χ0) is 10.1. The van der Waals surface area contributed by atoms with Crippen LogP contribution in [-0.2, 0) is 15.8 Å². The molecule has 74 valence electrons. The zero-order valence-corrected chi connectivity index (χ0v) is 9.15. The van der Waals surface area contributed by atoms with Gasteiger partial charge in [-0.1, -0.05) is 13.8 Å². The molecule has 0 bridgehead atoms. The van der Waals surface area contributed by atoms with E-state index in [4.69, 9.17) is 5.14 Å². The second-order valence-electron chi connectivity index (χ2n) is 3.13. The van der Waals surface area contributed by atoms with E-state index in [-0.39, 0.29) is 5.75 Å². The standard InChI is InChI=1S/C7H12N2O2S2/c1-5(2)6-3-12-7(9-6)4-13(8,10)11/h3,5H,4H2,1-2H3,(H2,8,10,11). The van der Waals surface area contributed by atoms with E-state index >= 15 is 0 Å². The average molecular weight is 220 g/mol. The predicted molar refractivity (Wildman–Crippen MR) is 53.0 cm³/mol. The summed E-state index contributed by atoms with van der Waals surface area (Å²) in [5.74, 6) is 0.162. The number of hydrogen-bond donors (Lipinski definition) is 1. The van der Waals surface area contributed by atoms with Crippen LogP contribution in [0, 0.1) is 0 Å². The molecule has 0 unspecified atom stereocenters. The van der Waals surface area contributed by atoms with E-state index in [0.29, 0.717) is 10.9 Å². The summed E-state index contributed by atoms with van der Waals surface area (Å²) in [5.41, 5.74) is 0.920. The molecule has 1 aromatic rings. The van der Waals surface area contributed by atoms with E-state index < -0.39 is 10.0 Å². The van der Waals surface area contributed by atoms with Crippen LogP contribution in [0.5, 0.6) is 0 Å². The molecule has 1 aromatic heterocycles. The Balaban J connectivity index is 2.81. The monoisotopic (exact) mass is 220 g/mol. The number of nitrogens with zero attached hydrogens (tertiary/aromatic N) is 1. The van der Waals surface area contributed by atoms with E-state index in [2.05, 4.69) is 4.98 Å². The fourth-order valence-corrected chi connectivity index (χ4v) is 2.74. The van der Waals surface area contributed by atoms with Gasteiger partial charge >= 0.3 is 0 Å². The van der Waals surface area contributed by atoms with Crippen LogP contribution in [-0.4, -0.2) is 13.4 Å². The molecule has 2 N–H and O–H groups in total. The molecule has 6 heteroatoms. The fraction of sp³-hybridized carbons (Fsp3) is 0.571. The van der Waals surface area contributed by atoms with Gasteiger partial charge in [0.05, 0.1) is 5.69 Å². The number of primary sulfonamides is 1. The Morgan fingerprint density at radius 2 is 2.23 bits per heavy atom. The predicted octanol–water partition coefficient (Wildman–Crippen LogP) is 1.05. The molecule has 4 nitrogen and oxygen atoms in total. The van der Waals surface area contributed by atoms with E-state index in [1.807, 2.05) is 19.2 Å². The lowest BCUT2D eigenvalue weighted by atomic mass is 10.2. The van der Waals surface area contributed by atoms with Crippen molar-refractivity contribution in [3.63, 3.8) is 0 Å². The third-order valence-corrected chi connectivity index (χ3v) is 3.21. The van der Waals surface area contributed by atoms with Gasteiger partial charge in [-0.15, -0.1) is 11.3 Å². The van der Waals surface area contributed by atoms with Gasteiger partial charge in [0.15, 0.2) is 0 Å². The van der Waals surface area contributed by atoms with Crippen molar-refractivity contribution in [3.05, 3.63) is 16.1 Å². The Labute approximate surface area is 81.9 Å². The molecular weight excluding hydrogens is 208 g/mol. The Morgan fingerprint density at radius 3 is 2.62 bits per heavy atom. The first-order valence-electron chi connectivity index (χ1n) is 3.83. The summed E-state index contributed by atoms with van der Waals surface area (Å²) in [7, 11) is -3.44. The van der Waals surface area contributed by atoms with Gasteiger partial charge in [-0.25, -0.2) is 18.5 Å². The SMILES string of the molecule is CC(C)c1csc(CS(N)(=O)=O)n1. The van der Waals surface area contributed by atoms with Crippen molar-refractivity contribution in [2.45, 2.75) is 25.5 Å². The van der Waals surface area contributed by atoms with E-state index in [1.165, 1.54) is 11.3 Å². The number of thiazole rings is 1. The quantitative estimate of drug-likeness (QED) is 0.827. The molecule has 0 amide bonds. The highest BCUT2D eigenvalue weighted by molar-refractivity contribution is 7.88. The summed E-state index contributed by atoms with van der Waals surface area (Å²) in [4.78, 5) is 4.15. The van der Waals surface area contributed by atoms with E-state index in [1.54, 1.807) is 0 Å². The van der Waals surface area contributed by atoms with Gasteiger partial charge in [-0.05, 0) is 5.92 Å².